The van der Waals surface area contributed by atoms with Crippen LogP contribution in [0.2, 0.25) is 0 Å². The van der Waals surface area contributed by atoms with Crippen molar-refractivity contribution in [2.24, 2.45) is 11.7 Å². The standard InChI is InChI=1S/C14H25N3OS/c1-12(8-15)9-19-10-13(18)17(2)14(11-16)6-4-3-5-7-14/h12H,3-10,15H2,1-2H3. The molecule has 1 rings (SSSR count). The van der Waals surface area contributed by atoms with Gasteiger partial charge in [-0.25, -0.2) is 0 Å². The molecule has 1 aliphatic carbocycles. The van der Waals surface area contributed by atoms with Crippen molar-refractivity contribution in [3.8, 4) is 6.07 Å². The molecule has 0 aromatic carbocycles. The maximum atomic E-state index is 12.2. The normalized spacial score (nSPS) is 19.5. The number of carbonyl (C=O) groups excluding carboxylic acids is 1. The van der Waals surface area contributed by atoms with Crippen LogP contribution < -0.4 is 5.73 Å². The van der Waals surface area contributed by atoms with Crippen molar-refractivity contribution in [3.63, 3.8) is 0 Å². The van der Waals surface area contributed by atoms with E-state index in [0.717, 1.165) is 31.4 Å². The lowest BCUT2D eigenvalue weighted by Gasteiger charge is -2.39. The van der Waals surface area contributed by atoms with E-state index in [4.69, 9.17) is 5.73 Å². The number of nitrogens with two attached hydrogens (primary N) is 1. The zero-order valence-corrected chi connectivity index (χ0v) is 12.8. The van der Waals surface area contributed by atoms with Crippen LogP contribution in [0.4, 0.5) is 0 Å². The first-order valence-electron chi connectivity index (χ1n) is 7.01. The highest BCUT2D eigenvalue weighted by molar-refractivity contribution is 7.99. The summed E-state index contributed by atoms with van der Waals surface area (Å²) in [5.41, 5.74) is 5.00. The van der Waals surface area contributed by atoms with Crippen LogP contribution >= 0.6 is 11.8 Å². The van der Waals surface area contributed by atoms with Gasteiger partial charge >= 0.3 is 0 Å². The minimum absolute atomic E-state index is 0.0673. The van der Waals surface area contributed by atoms with Gasteiger partial charge in [0.05, 0.1) is 11.8 Å². The summed E-state index contributed by atoms with van der Waals surface area (Å²) < 4.78 is 0. The largest absolute Gasteiger partial charge is 0.330 e. The number of hydrogen-bond acceptors (Lipinski definition) is 4. The lowest BCUT2D eigenvalue weighted by molar-refractivity contribution is -0.131. The molecule has 1 unspecified atom stereocenters. The van der Waals surface area contributed by atoms with E-state index >= 15 is 0 Å². The minimum atomic E-state index is -0.560. The van der Waals surface area contributed by atoms with Crippen molar-refractivity contribution in [1.82, 2.24) is 4.90 Å². The Kier molecular flexibility index (Phi) is 6.67. The van der Waals surface area contributed by atoms with Crippen LogP contribution in [-0.4, -0.2) is 41.4 Å². The first kappa shape index (κ1) is 16.3. The smallest absolute Gasteiger partial charge is 0.233 e. The SMILES string of the molecule is CC(CN)CSCC(=O)N(C)C1(C#N)CCCCC1. The predicted octanol–water partition coefficient (Wildman–Crippen LogP) is 2.00. The van der Waals surface area contributed by atoms with Gasteiger partial charge in [0.2, 0.25) is 5.91 Å². The van der Waals surface area contributed by atoms with Crippen LogP contribution in [0.3, 0.4) is 0 Å². The molecule has 0 aromatic rings. The fourth-order valence-electron chi connectivity index (χ4n) is 2.41. The Morgan fingerprint density at radius 3 is 2.63 bits per heavy atom. The Morgan fingerprint density at radius 2 is 2.11 bits per heavy atom. The Hall–Kier alpha value is -0.730. The van der Waals surface area contributed by atoms with Gasteiger partial charge in [-0.1, -0.05) is 26.2 Å². The minimum Gasteiger partial charge on any atom is -0.330 e. The van der Waals surface area contributed by atoms with Gasteiger partial charge in [-0.3, -0.25) is 4.79 Å². The van der Waals surface area contributed by atoms with E-state index in [-0.39, 0.29) is 5.91 Å². The van der Waals surface area contributed by atoms with E-state index in [1.165, 1.54) is 6.42 Å². The number of carbonyl (C=O) groups is 1. The summed E-state index contributed by atoms with van der Waals surface area (Å²) in [4.78, 5) is 13.9. The highest BCUT2D eigenvalue weighted by atomic mass is 32.2. The number of nitriles is 1. The number of nitrogens with zero attached hydrogens (tertiary/aromatic N) is 2. The molecule has 1 atom stereocenters. The van der Waals surface area contributed by atoms with Gasteiger partial charge in [-0.15, -0.1) is 0 Å². The van der Waals surface area contributed by atoms with Crippen molar-refractivity contribution in [2.45, 2.75) is 44.6 Å². The van der Waals surface area contributed by atoms with Crippen molar-refractivity contribution in [1.29, 1.82) is 5.26 Å². The topological polar surface area (TPSA) is 70.1 Å². The lowest BCUT2D eigenvalue weighted by Crippen LogP contribution is -2.50. The van der Waals surface area contributed by atoms with Crippen molar-refractivity contribution in [3.05, 3.63) is 0 Å². The molecule has 0 heterocycles. The van der Waals surface area contributed by atoms with Crippen LogP contribution in [0.1, 0.15) is 39.0 Å². The fraction of sp³-hybridized carbons (Fsp3) is 0.857. The molecule has 0 aromatic heterocycles. The first-order chi connectivity index (χ1) is 9.05. The Labute approximate surface area is 120 Å². The summed E-state index contributed by atoms with van der Waals surface area (Å²) in [5.74, 6) is 1.85. The summed E-state index contributed by atoms with van der Waals surface area (Å²) in [5, 5.41) is 9.45. The van der Waals surface area contributed by atoms with Gasteiger partial charge < -0.3 is 10.6 Å². The second-order valence-corrected chi connectivity index (χ2v) is 6.54. The Balaban J connectivity index is 2.48. The summed E-state index contributed by atoms with van der Waals surface area (Å²) in [7, 11) is 1.78. The van der Waals surface area contributed by atoms with Crippen molar-refractivity contribution < 1.29 is 4.79 Å². The van der Waals surface area contributed by atoms with Gasteiger partial charge in [0.1, 0.15) is 5.54 Å². The highest BCUT2D eigenvalue weighted by Crippen LogP contribution is 2.32. The molecular weight excluding hydrogens is 258 g/mol. The molecule has 2 N–H and O–H groups in total. The number of amides is 1. The molecule has 0 aliphatic heterocycles. The third-order valence-corrected chi connectivity index (χ3v) is 5.19. The third-order valence-electron chi connectivity index (χ3n) is 3.94. The van der Waals surface area contributed by atoms with Gasteiger partial charge in [0.15, 0.2) is 0 Å². The van der Waals surface area contributed by atoms with Crippen molar-refractivity contribution in [2.75, 3.05) is 25.1 Å². The quantitative estimate of drug-likeness (QED) is 0.809. The summed E-state index contributed by atoms with van der Waals surface area (Å²) in [6.45, 7) is 2.73. The maximum absolute atomic E-state index is 12.2. The summed E-state index contributed by atoms with van der Waals surface area (Å²) in [6, 6.07) is 2.38. The molecule has 4 nitrogen and oxygen atoms in total. The summed E-state index contributed by atoms with van der Waals surface area (Å²) in [6.07, 6.45) is 4.89. The second kappa shape index (κ2) is 7.76. The first-order valence-corrected chi connectivity index (χ1v) is 8.17. The van der Waals surface area contributed by atoms with Crippen LogP contribution in [-0.2, 0) is 4.79 Å². The Morgan fingerprint density at radius 1 is 1.47 bits per heavy atom. The van der Waals surface area contributed by atoms with Gasteiger partial charge in [0.25, 0.3) is 0 Å². The molecule has 108 valence electrons. The molecular formula is C14H25N3OS. The molecule has 0 radical (unpaired) electrons. The van der Waals surface area contributed by atoms with Gasteiger partial charge in [0, 0.05) is 7.05 Å². The van der Waals surface area contributed by atoms with E-state index < -0.39 is 5.54 Å². The molecule has 0 saturated heterocycles. The second-order valence-electron chi connectivity index (χ2n) is 5.51. The molecule has 19 heavy (non-hydrogen) atoms. The third kappa shape index (κ3) is 4.39. The molecule has 1 fully saturated rings. The van der Waals surface area contributed by atoms with Gasteiger partial charge in [-0.05, 0) is 31.1 Å². The zero-order valence-electron chi connectivity index (χ0n) is 12.0. The molecule has 0 bridgehead atoms. The number of hydrogen-bond donors (Lipinski definition) is 1. The van der Waals surface area contributed by atoms with E-state index in [0.29, 0.717) is 18.2 Å². The molecule has 1 aliphatic rings. The molecule has 1 saturated carbocycles. The molecule has 0 spiro atoms. The summed E-state index contributed by atoms with van der Waals surface area (Å²) >= 11 is 1.61. The average molecular weight is 283 g/mol. The molecule has 1 amide bonds. The monoisotopic (exact) mass is 283 g/mol. The highest BCUT2D eigenvalue weighted by Gasteiger charge is 2.38. The fourth-order valence-corrected chi connectivity index (χ4v) is 3.43. The van der Waals surface area contributed by atoms with Gasteiger partial charge in [-0.2, -0.15) is 17.0 Å². The van der Waals surface area contributed by atoms with Crippen LogP contribution in [0.5, 0.6) is 0 Å². The number of rotatable bonds is 6. The van der Waals surface area contributed by atoms with Crippen LogP contribution in [0.15, 0.2) is 0 Å². The molecule has 5 heteroatoms. The van der Waals surface area contributed by atoms with Crippen LogP contribution in [0.25, 0.3) is 0 Å². The number of thioether (sulfide) groups is 1. The van der Waals surface area contributed by atoms with E-state index in [1.54, 1.807) is 23.7 Å². The maximum Gasteiger partial charge on any atom is 0.233 e. The van der Waals surface area contributed by atoms with E-state index in [9.17, 15) is 10.1 Å². The van der Waals surface area contributed by atoms with E-state index in [2.05, 4.69) is 13.0 Å². The van der Waals surface area contributed by atoms with Crippen LogP contribution in [0, 0.1) is 17.2 Å². The lowest BCUT2D eigenvalue weighted by atomic mass is 9.81. The zero-order chi connectivity index (χ0) is 14.3. The predicted molar refractivity (Wildman–Crippen MR) is 79.7 cm³/mol. The van der Waals surface area contributed by atoms with E-state index in [1.807, 2.05) is 0 Å². The van der Waals surface area contributed by atoms with Crippen molar-refractivity contribution >= 4 is 17.7 Å². The Bertz CT molecular complexity index is 334. The average Bonchev–Trinajstić information content (AvgIpc) is 2.46.